The molecule has 6 nitrogen and oxygen atoms in total. The van der Waals surface area contributed by atoms with Gasteiger partial charge in [0.15, 0.2) is 0 Å². The minimum atomic E-state index is -3.17. The maximum Gasteiger partial charge on any atom is 0.227 e. The molecule has 0 spiro atoms. The summed E-state index contributed by atoms with van der Waals surface area (Å²) in [4.78, 5) is 16.9. The van der Waals surface area contributed by atoms with E-state index in [2.05, 4.69) is 4.98 Å². The van der Waals surface area contributed by atoms with E-state index in [9.17, 15) is 13.2 Å². The van der Waals surface area contributed by atoms with Crippen LogP contribution in [-0.2, 0) is 21.2 Å². The number of amides is 1. The number of aromatic nitrogens is 1. The van der Waals surface area contributed by atoms with E-state index >= 15 is 0 Å². The van der Waals surface area contributed by atoms with E-state index < -0.39 is 10.0 Å². The first-order valence-electron chi connectivity index (χ1n) is 7.40. The number of hydrogen-bond acceptors (Lipinski definition) is 3. The third-order valence-corrected chi connectivity index (χ3v) is 5.76. The van der Waals surface area contributed by atoms with Crippen molar-refractivity contribution >= 4 is 15.9 Å². The number of hydrogen-bond donors (Lipinski definition) is 1. The minimum absolute atomic E-state index is 0.0596. The van der Waals surface area contributed by atoms with Crippen LogP contribution in [0.4, 0.5) is 0 Å². The molecule has 0 aromatic carbocycles. The van der Waals surface area contributed by atoms with E-state index in [4.69, 9.17) is 0 Å². The summed E-state index contributed by atoms with van der Waals surface area (Å²) in [6, 6.07) is 1.88. The first kappa shape index (κ1) is 16.0. The van der Waals surface area contributed by atoms with E-state index in [-0.39, 0.29) is 11.7 Å². The van der Waals surface area contributed by atoms with Gasteiger partial charge in [0, 0.05) is 38.6 Å². The Kier molecular flexibility index (Phi) is 5.41. The summed E-state index contributed by atoms with van der Waals surface area (Å²) in [5.41, 5.74) is 0.958. The molecule has 0 bridgehead atoms. The lowest BCUT2D eigenvalue weighted by molar-refractivity contribution is -0.130. The highest BCUT2D eigenvalue weighted by atomic mass is 32.2. The average Bonchev–Trinajstić information content (AvgIpc) is 2.79. The van der Waals surface area contributed by atoms with Crippen LogP contribution in [0.1, 0.15) is 25.3 Å². The van der Waals surface area contributed by atoms with Crippen molar-refractivity contribution in [3.63, 3.8) is 0 Å². The van der Waals surface area contributed by atoms with E-state index in [1.165, 1.54) is 4.31 Å². The first-order valence-corrected chi connectivity index (χ1v) is 9.01. The van der Waals surface area contributed by atoms with Gasteiger partial charge in [-0.05, 0) is 24.5 Å². The third-order valence-electron chi connectivity index (χ3n) is 3.68. The quantitative estimate of drug-likeness (QED) is 0.875. The number of rotatable bonds is 5. The normalized spacial score (nSPS) is 17.7. The number of H-pyrrole nitrogens is 1. The summed E-state index contributed by atoms with van der Waals surface area (Å²) in [6.07, 6.45) is 5.29. The molecule has 0 radical (unpaired) electrons. The molecule has 118 valence electrons. The van der Waals surface area contributed by atoms with Crippen molar-refractivity contribution in [3.05, 3.63) is 24.0 Å². The van der Waals surface area contributed by atoms with Crippen LogP contribution in [0.5, 0.6) is 0 Å². The molecule has 1 aliphatic heterocycles. The van der Waals surface area contributed by atoms with Gasteiger partial charge in [0.05, 0.1) is 12.2 Å². The van der Waals surface area contributed by atoms with Gasteiger partial charge in [-0.2, -0.15) is 0 Å². The molecule has 1 aromatic heterocycles. The van der Waals surface area contributed by atoms with Crippen LogP contribution in [0.25, 0.3) is 0 Å². The Labute approximate surface area is 126 Å². The van der Waals surface area contributed by atoms with Gasteiger partial charge in [0.1, 0.15) is 0 Å². The van der Waals surface area contributed by atoms with Crippen LogP contribution >= 0.6 is 0 Å². The molecule has 0 aliphatic carbocycles. The lowest BCUT2D eigenvalue weighted by Gasteiger charge is -2.21. The predicted octanol–water partition coefficient (Wildman–Crippen LogP) is 0.831. The fraction of sp³-hybridized carbons (Fsp3) is 0.643. The second-order valence-electron chi connectivity index (χ2n) is 5.35. The molecular formula is C14H23N3O3S. The maximum absolute atomic E-state index is 12.2. The monoisotopic (exact) mass is 313 g/mol. The lowest BCUT2D eigenvalue weighted by Crippen LogP contribution is -2.38. The van der Waals surface area contributed by atoms with E-state index in [0.717, 1.165) is 5.56 Å². The largest absolute Gasteiger partial charge is 0.367 e. The molecular weight excluding hydrogens is 290 g/mol. The van der Waals surface area contributed by atoms with Gasteiger partial charge in [-0.1, -0.05) is 6.92 Å². The van der Waals surface area contributed by atoms with E-state index in [0.29, 0.717) is 45.4 Å². The molecule has 1 amide bonds. The van der Waals surface area contributed by atoms with Gasteiger partial charge in [-0.15, -0.1) is 0 Å². The smallest absolute Gasteiger partial charge is 0.227 e. The molecule has 1 aromatic rings. The fourth-order valence-corrected chi connectivity index (χ4v) is 4.10. The minimum Gasteiger partial charge on any atom is -0.367 e. The van der Waals surface area contributed by atoms with Crippen LogP contribution in [0.2, 0.25) is 0 Å². The van der Waals surface area contributed by atoms with Crippen LogP contribution in [0.3, 0.4) is 0 Å². The molecule has 1 saturated heterocycles. The zero-order chi connectivity index (χ0) is 15.3. The van der Waals surface area contributed by atoms with Crippen LogP contribution in [0, 0.1) is 0 Å². The standard InChI is InChI=1S/C14H23N3O3S/c1-2-10-21(19,20)17-7-3-6-16(8-9-17)14(18)11-13-4-5-15-12-13/h4-5,12,15H,2-3,6-11H2,1H3. The molecule has 2 heterocycles. The fourth-order valence-electron chi connectivity index (χ4n) is 2.56. The highest BCUT2D eigenvalue weighted by Crippen LogP contribution is 2.11. The Morgan fingerprint density at radius 2 is 2.10 bits per heavy atom. The lowest BCUT2D eigenvalue weighted by atomic mass is 10.2. The number of aromatic amines is 1. The Bertz CT molecular complexity index is 554. The summed E-state index contributed by atoms with van der Waals surface area (Å²) in [5, 5.41) is 0. The van der Waals surface area contributed by atoms with Gasteiger partial charge in [0.25, 0.3) is 0 Å². The summed E-state index contributed by atoms with van der Waals surface area (Å²) in [7, 11) is -3.17. The molecule has 0 saturated carbocycles. The number of carbonyl (C=O) groups excluding carboxylic acids is 1. The SMILES string of the molecule is CCCS(=O)(=O)N1CCCN(C(=O)Cc2cc[nH]c2)CC1. The second-order valence-corrected chi connectivity index (χ2v) is 7.43. The summed E-state index contributed by atoms with van der Waals surface area (Å²) in [6.45, 7) is 3.88. The van der Waals surface area contributed by atoms with Crippen LogP contribution in [0.15, 0.2) is 18.5 Å². The molecule has 7 heteroatoms. The Morgan fingerprint density at radius 3 is 2.76 bits per heavy atom. The molecule has 1 N–H and O–H groups in total. The number of sulfonamides is 1. The van der Waals surface area contributed by atoms with Crippen molar-refractivity contribution in [1.29, 1.82) is 0 Å². The number of nitrogens with one attached hydrogen (secondary N) is 1. The van der Waals surface area contributed by atoms with Crippen molar-refractivity contribution in [3.8, 4) is 0 Å². The zero-order valence-electron chi connectivity index (χ0n) is 12.4. The topological polar surface area (TPSA) is 73.5 Å². The van der Waals surface area contributed by atoms with Crippen LogP contribution in [-0.4, -0.2) is 60.4 Å². The maximum atomic E-state index is 12.2. The van der Waals surface area contributed by atoms with Gasteiger partial charge in [-0.25, -0.2) is 12.7 Å². The van der Waals surface area contributed by atoms with Crippen molar-refractivity contribution < 1.29 is 13.2 Å². The number of carbonyl (C=O) groups is 1. The summed E-state index contributed by atoms with van der Waals surface area (Å²) >= 11 is 0. The van der Waals surface area contributed by atoms with Crippen LogP contribution < -0.4 is 0 Å². The Morgan fingerprint density at radius 1 is 1.29 bits per heavy atom. The summed E-state index contributed by atoms with van der Waals surface area (Å²) < 4.78 is 25.7. The van der Waals surface area contributed by atoms with Gasteiger partial charge < -0.3 is 9.88 Å². The van der Waals surface area contributed by atoms with Crippen molar-refractivity contribution in [1.82, 2.24) is 14.2 Å². The highest BCUT2D eigenvalue weighted by Gasteiger charge is 2.26. The van der Waals surface area contributed by atoms with Gasteiger partial charge in [-0.3, -0.25) is 4.79 Å². The third kappa shape index (κ3) is 4.31. The van der Waals surface area contributed by atoms with Crippen molar-refractivity contribution in [2.45, 2.75) is 26.2 Å². The number of nitrogens with zero attached hydrogens (tertiary/aromatic N) is 2. The molecule has 0 atom stereocenters. The second kappa shape index (κ2) is 7.09. The molecule has 0 unspecified atom stereocenters. The van der Waals surface area contributed by atoms with Gasteiger partial charge >= 0.3 is 0 Å². The zero-order valence-corrected chi connectivity index (χ0v) is 13.2. The van der Waals surface area contributed by atoms with Crippen molar-refractivity contribution in [2.24, 2.45) is 0 Å². The molecule has 1 aliphatic rings. The Balaban J connectivity index is 1.93. The Hall–Kier alpha value is -1.34. The average molecular weight is 313 g/mol. The first-order chi connectivity index (χ1) is 10.0. The highest BCUT2D eigenvalue weighted by molar-refractivity contribution is 7.89. The summed E-state index contributed by atoms with van der Waals surface area (Å²) in [5.74, 6) is 0.244. The van der Waals surface area contributed by atoms with Gasteiger partial charge in [0.2, 0.25) is 15.9 Å². The predicted molar refractivity (Wildman–Crippen MR) is 81.3 cm³/mol. The van der Waals surface area contributed by atoms with E-state index in [1.807, 2.05) is 19.2 Å². The molecule has 21 heavy (non-hydrogen) atoms. The van der Waals surface area contributed by atoms with Crippen molar-refractivity contribution in [2.75, 3.05) is 31.9 Å². The van der Waals surface area contributed by atoms with E-state index in [1.54, 1.807) is 11.1 Å². The molecule has 1 fully saturated rings. The molecule has 2 rings (SSSR count).